The molecule has 2 heterocycles. The van der Waals surface area contributed by atoms with Gasteiger partial charge >= 0.3 is 5.97 Å². The average molecular weight is 501 g/mol. The van der Waals surface area contributed by atoms with E-state index in [1.165, 1.54) is 30.3 Å². The second-order valence-corrected chi connectivity index (χ2v) is 8.45. The van der Waals surface area contributed by atoms with Gasteiger partial charge in [0.1, 0.15) is 22.8 Å². The van der Waals surface area contributed by atoms with E-state index in [0.29, 0.717) is 41.3 Å². The first kappa shape index (κ1) is 23.8. The largest absolute Gasteiger partial charge is 0.508 e. The SMILES string of the molecule is O=C(CCCCOc1ccc(-c2c3ccc(=O)cc-3oc3cc(O)ccc23)cc1)On1c(O)ccc1O. The molecule has 1 aliphatic carbocycles. The fraction of sp³-hybridized carbons (Fsp3) is 0.143. The molecule has 0 saturated heterocycles. The molecule has 0 radical (unpaired) electrons. The Morgan fingerprint density at radius 3 is 2.38 bits per heavy atom. The molecule has 1 aliphatic heterocycles. The minimum Gasteiger partial charge on any atom is -0.508 e. The highest BCUT2D eigenvalue weighted by molar-refractivity contribution is 6.02. The number of ether oxygens (including phenoxy) is 1. The van der Waals surface area contributed by atoms with Crippen LogP contribution in [0.1, 0.15) is 19.3 Å². The van der Waals surface area contributed by atoms with Crippen molar-refractivity contribution in [3.8, 4) is 45.7 Å². The number of carbonyl (C=O) groups excluding carboxylic acids is 1. The van der Waals surface area contributed by atoms with E-state index in [1.807, 2.05) is 24.3 Å². The Morgan fingerprint density at radius 2 is 1.62 bits per heavy atom. The highest BCUT2D eigenvalue weighted by Gasteiger charge is 2.18. The fourth-order valence-corrected chi connectivity index (χ4v) is 4.09. The van der Waals surface area contributed by atoms with Gasteiger partial charge in [-0.25, -0.2) is 4.79 Å². The smallest absolute Gasteiger partial charge is 0.333 e. The van der Waals surface area contributed by atoms with E-state index >= 15 is 0 Å². The first-order valence-electron chi connectivity index (χ1n) is 11.6. The molecule has 0 atom stereocenters. The van der Waals surface area contributed by atoms with E-state index in [9.17, 15) is 24.9 Å². The average Bonchev–Trinajstić information content (AvgIpc) is 3.19. The summed E-state index contributed by atoms with van der Waals surface area (Å²) in [6.45, 7) is 0.383. The van der Waals surface area contributed by atoms with Gasteiger partial charge in [0.05, 0.1) is 6.61 Å². The molecule has 2 aliphatic rings. The number of phenolic OH excluding ortho intramolecular Hbond substituents is 1. The summed E-state index contributed by atoms with van der Waals surface area (Å²) in [5, 5.41) is 29.7. The Balaban J connectivity index is 1.24. The van der Waals surface area contributed by atoms with Gasteiger partial charge in [-0.3, -0.25) is 4.79 Å². The topological polar surface area (TPSA) is 131 Å². The van der Waals surface area contributed by atoms with Crippen LogP contribution in [-0.4, -0.2) is 32.6 Å². The quantitative estimate of drug-likeness (QED) is 0.206. The Morgan fingerprint density at radius 1 is 0.865 bits per heavy atom. The number of benzene rings is 3. The number of aromatic nitrogens is 1. The number of hydrogen-bond donors (Lipinski definition) is 3. The minimum atomic E-state index is -0.586. The van der Waals surface area contributed by atoms with Crippen molar-refractivity contribution in [3.05, 3.63) is 83.0 Å². The van der Waals surface area contributed by atoms with Gasteiger partial charge in [-0.15, -0.1) is 4.73 Å². The molecule has 37 heavy (non-hydrogen) atoms. The maximum atomic E-state index is 11.9. The Labute approximate surface area is 210 Å². The van der Waals surface area contributed by atoms with E-state index in [2.05, 4.69) is 0 Å². The summed E-state index contributed by atoms with van der Waals surface area (Å²) in [7, 11) is 0. The first-order chi connectivity index (χ1) is 17.9. The molecule has 3 N–H and O–H groups in total. The van der Waals surface area contributed by atoms with Gasteiger partial charge in [0.25, 0.3) is 0 Å². The second-order valence-electron chi connectivity index (χ2n) is 8.45. The summed E-state index contributed by atoms with van der Waals surface area (Å²) >= 11 is 0. The summed E-state index contributed by atoms with van der Waals surface area (Å²) in [5.74, 6) is -0.159. The van der Waals surface area contributed by atoms with Crippen molar-refractivity contribution in [1.29, 1.82) is 0 Å². The third kappa shape index (κ3) is 5.06. The van der Waals surface area contributed by atoms with Crippen LogP contribution in [0, 0.1) is 0 Å². The number of phenols is 1. The van der Waals surface area contributed by atoms with E-state index in [1.54, 1.807) is 18.2 Å². The van der Waals surface area contributed by atoms with Gasteiger partial charge in [0.2, 0.25) is 11.8 Å². The number of carbonyl (C=O) groups is 1. The Bertz CT molecular complexity index is 1580. The molecule has 9 nitrogen and oxygen atoms in total. The second kappa shape index (κ2) is 9.98. The minimum absolute atomic E-state index is 0.0675. The van der Waals surface area contributed by atoms with Crippen molar-refractivity contribution < 1.29 is 34.1 Å². The van der Waals surface area contributed by atoms with Crippen molar-refractivity contribution in [2.45, 2.75) is 19.3 Å². The molecule has 0 bridgehead atoms. The summed E-state index contributed by atoms with van der Waals surface area (Å²) < 4.78 is 12.3. The lowest BCUT2D eigenvalue weighted by Crippen LogP contribution is -2.18. The van der Waals surface area contributed by atoms with Gasteiger partial charge in [-0.1, -0.05) is 12.1 Å². The predicted octanol–water partition coefficient (Wildman–Crippen LogP) is 4.69. The van der Waals surface area contributed by atoms with Crippen LogP contribution in [0.25, 0.3) is 33.4 Å². The van der Waals surface area contributed by atoms with Crippen molar-refractivity contribution >= 4 is 16.9 Å². The summed E-state index contributed by atoms with van der Waals surface area (Å²) in [6, 6.07) is 19.5. The van der Waals surface area contributed by atoms with Gasteiger partial charge in [-0.2, -0.15) is 0 Å². The summed E-state index contributed by atoms with van der Waals surface area (Å²) in [6.07, 6.45) is 1.19. The van der Waals surface area contributed by atoms with Crippen LogP contribution in [0.5, 0.6) is 23.3 Å². The standard InChI is InChI=1S/C28H23NO8/c30-18-6-10-21-23(15-18)36-24-16-19(31)7-11-22(24)28(21)17-4-8-20(9-5-17)35-14-2-1-3-27(34)37-29-25(32)12-13-26(29)33/h4-13,15-16,30,32-33H,1-3,14H2. The van der Waals surface area contributed by atoms with E-state index in [4.69, 9.17) is 14.0 Å². The number of nitrogens with zero attached hydrogens (tertiary/aromatic N) is 1. The molecule has 3 aromatic rings. The molecule has 1 aromatic heterocycles. The molecule has 188 valence electrons. The number of fused-ring (bicyclic) bond motifs is 2. The van der Waals surface area contributed by atoms with Crippen LogP contribution >= 0.6 is 0 Å². The molecule has 9 heteroatoms. The number of hydrogen-bond acceptors (Lipinski definition) is 8. The van der Waals surface area contributed by atoms with E-state index < -0.39 is 5.97 Å². The number of aromatic hydroxyl groups is 3. The van der Waals surface area contributed by atoms with E-state index in [0.717, 1.165) is 22.1 Å². The number of unbranched alkanes of at least 4 members (excludes halogenated alkanes) is 1. The summed E-state index contributed by atoms with van der Waals surface area (Å²) in [5.41, 5.74) is 2.84. The molecular weight excluding hydrogens is 478 g/mol. The van der Waals surface area contributed by atoms with Crippen molar-refractivity contribution in [1.82, 2.24) is 4.73 Å². The summed E-state index contributed by atoms with van der Waals surface area (Å²) in [4.78, 5) is 28.7. The zero-order chi connectivity index (χ0) is 25.9. The normalized spacial score (nSPS) is 11.1. The van der Waals surface area contributed by atoms with Gasteiger partial charge in [0.15, 0.2) is 5.43 Å². The molecule has 0 unspecified atom stereocenters. The van der Waals surface area contributed by atoms with Crippen LogP contribution < -0.4 is 15.0 Å². The van der Waals surface area contributed by atoms with Crippen molar-refractivity contribution in [3.63, 3.8) is 0 Å². The molecule has 0 saturated carbocycles. The molecule has 2 aromatic carbocycles. The van der Waals surface area contributed by atoms with Crippen LogP contribution in [-0.2, 0) is 4.79 Å². The molecule has 0 amide bonds. The Kier molecular flexibility index (Phi) is 6.42. The lowest BCUT2D eigenvalue weighted by atomic mass is 9.93. The van der Waals surface area contributed by atoms with Gasteiger partial charge in [-0.05, 0) is 54.8 Å². The highest BCUT2D eigenvalue weighted by atomic mass is 16.7. The highest BCUT2D eigenvalue weighted by Crippen LogP contribution is 2.40. The van der Waals surface area contributed by atoms with Crippen LogP contribution in [0.2, 0.25) is 0 Å². The third-order valence-corrected chi connectivity index (χ3v) is 5.85. The van der Waals surface area contributed by atoms with E-state index in [-0.39, 0.29) is 29.4 Å². The lowest BCUT2D eigenvalue weighted by molar-refractivity contribution is -0.145. The molecule has 5 rings (SSSR count). The maximum Gasteiger partial charge on any atom is 0.333 e. The predicted molar refractivity (Wildman–Crippen MR) is 135 cm³/mol. The lowest BCUT2D eigenvalue weighted by Gasteiger charge is -2.15. The maximum absolute atomic E-state index is 11.9. The number of rotatable bonds is 8. The molecule has 0 fully saturated rings. The Hall–Kier alpha value is -4.92. The van der Waals surface area contributed by atoms with Gasteiger partial charge in [0, 0.05) is 47.2 Å². The van der Waals surface area contributed by atoms with Crippen molar-refractivity contribution in [2.75, 3.05) is 6.61 Å². The van der Waals surface area contributed by atoms with Crippen LogP contribution in [0.15, 0.2) is 82.0 Å². The molecule has 0 spiro atoms. The monoisotopic (exact) mass is 501 g/mol. The fourth-order valence-electron chi connectivity index (χ4n) is 4.09. The zero-order valence-electron chi connectivity index (χ0n) is 19.6. The van der Waals surface area contributed by atoms with Gasteiger partial charge < -0.3 is 29.3 Å². The first-order valence-corrected chi connectivity index (χ1v) is 11.6. The zero-order valence-corrected chi connectivity index (χ0v) is 19.6. The molecular formula is C28H23NO8. The third-order valence-electron chi connectivity index (χ3n) is 5.85. The van der Waals surface area contributed by atoms with Crippen molar-refractivity contribution in [2.24, 2.45) is 0 Å². The van der Waals surface area contributed by atoms with Crippen LogP contribution in [0.4, 0.5) is 0 Å². The van der Waals surface area contributed by atoms with Crippen LogP contribution in [0.3, 0.4) is 0 Å².